The number of hydrogen-bond acceptors (Lipinski definition) is 3. The Bertz CT molecular complexity index is 834. The number of anilines is 1. The molecule has 0 bridgehead atoms. The quantitative estimate of drug-likeness (QED) is 0.749. The van der Waals surface area contributed by atoms with Crippen molar-refractivity contribution in [1.82, 2.24) is 4.98 Å². The van der Waals surface area contributed by atoms with E-state index >= 15 is 0 Å². The molecule has 3 rings (SSSR count). The summed E-state index contributed by atoms with van der Waals surface area (Å²) in [5.74, 6) is -0.485. The van der Waals surface area contributed by atoms with E-state index in [2.05, 4.69) is 10.3 Å². The molecular weight excluding hydrogens is 304 g/mol. The molecule has 0 spiro atoms. The van der Waals surface area contributed by atoms with E-state index in [1.807, 2.05) is 18.2 Å². The lowest BCUT2D eigenvalue weighted by Gasteiger charge is -2.10. The highest BCUT2D eigenvalue weighted by Crippen LogP contribution is 2.19. The van der Waals surface area contributed by atoms with E-state index in [9.17, 15) is 9.59 Å². The highest BCUT2D eigenvalue weighted by Gasteiger charge is 2.15. The van der Waals surface area contributed by atoms with Gasteiger partial charge in [-0.05, 0) is 24.3 Å². The lowest BCUT2D eigenvalue weighted by molar-refractivity contribution is 0.102. The molecule has 1 amide bonds. The average Bonchev–Trinajstić information content (AvgIpc) is 2.63. The summed E-state index contributed by atoms with van der Waals surface area (Å²) in [6.45, 7) is 0. The van der Waals surface area contributed by atoms with Crippen molar-refractivity contribution < 1.29 is 15.1 Å². The molecule has 1 aromatic heterocycles. The molecule has 2 aromatic carbocycles. The van der Waals surface area contributed by atoms with Gasteiger partial charge in [-0.3, -0.25) is 14.6 Å². The second-order valence-electron chi connectivity index (χ2n) is 4.91. The Balaban J connectivity index is 0.00000208. The number of nitrogens with one attached hydrogen (secondary N) is 1. The van der Waals surface area contributed by atoms with Gasteiger partial charge in [0.15, 0.2) is 5.78 Å². The summed E-state index contributed by atoms with van der Waals surface area (Å²) >= 11 is 0. The summed E-state index contributed by atoms with van der Waals surface area (Å²) in [5, 5.41) is 2.76. The third-order valence-corrected chi connectivity index (χ3v) is 3.35. The minimum absolute atomic E-state index is 0. The van der Waals surface area contributed by atoms with Gasteiger partial charge < -0.3 is 10.8 Å². The van der Waals surface area contributed by atoms with Crippen LogP contribution < -0.4 is 5.32 Å². The van der Waals surface area contributed by atoms with Crippen molar-refractivity contribution in [3.8, 4) is 0 Å². The van der Waals surface area contributed by atoms with E-state index in [0.717, 1.165) is 0 Å². The summed E-state index contributed by atoms with van der Waals surface area (Å²) in [6, 6.07) is 21.0. The van der Waals surface area contributed by atoms with Gasteiger partial charge in [0.1, 0.15) is 5.69 Å². The fourth-order valence-electron chi connectivity index (χ4n) is 2.22. The molecular formula is C19H16N2O3. The lowest BCUT2D eigenvalue weighted by Crippen LogP contribution is -2.16. The lowest BCUT2D eigenvalue weighted by atomic mass is 10.0. The molecule has 24 heavy (non-hydrogen) atoms. The zero-order chi connectivity index (χ0) is 16.1. The smallest absolute Gasteiger partial charge is 0.274 e. The maximum atomic E-state index is 12.6. The topological polar surface area (TPSA) is 90.6 Å². The van der Waals surface area contributed by atoms with Crippen molar-refractivity contribution in [2.45, 2.75) is 0 Å². The largest absolute Gasteiger partial charge is 0.412 e. The maximum Gasteiger partial charge on any atom is 0.274 e. The summed E-state index contributed by atoms with van der Waals surface area (Å²) in [6.07, 6.45) is 1.55. The van der Waals surface area contributed by atoms with Gasteiger partial charge in [0.05, 0.1) is 5.69 Å². The van der Waals surface area contributed by atoms with Gasteiger partial charge in [-0.25, -0.2) is 0 Å². The van der Waals surface area contributed by atoms with Crippen molar-refractivity contribution in [3.63, 3.8) is 0 Å². The average molecular weight is 320 g/mol. The van der Waals surface area contributed by atoms with Crippen LogP contribution in [0.1, 0.15) is 26.4 Å². The number of carbonyl (C=O) groups is 2. The number of hydrogen-bond donors (Lipinski definition) is 1. The van der Waals surface area contributed by atoms with Crippen molar-refractivity contribution in [2.75, 3.05) is 5.32 Å². The highest BCUT2D eigenvalue weighted by molar-refractivity contribution is 6.15. The van der Waals surface area contributed by atoms with Gasteiger partial charge in [-0.15, -0.1) is 0 Å². The van der Waals surface area contributed by atoms with Crippen LogP contribution in [-0.4, -0.2) is 22.2 Å². The molecule has 0 fully saturated rings. The number of benzene rings is 2. The standard InChI is InChI=1S/C19H14N2O2.H2O/c22-18(14-8-2-1-3-9-14)15-10-4-5-11-16(15)21-19(23)17-12-6-7-13-20-17;/h1-13H,(H,21,23);1H2. The van der Waals surface area contributed by atoms with E-state index in [1.54, 1.807) is 60.8 Å². The van der Waals surface area contributed by atoms with Crippen LogP contribution in [0.2, 0.25) is 0 Å². The predicted octanol–water partition coefficient (Wildman–Crippen LogP) is 2.74. The van der Waals surface area contributed by atoms with E-state index < -0.39 is 0 Å². The molecule has 3 aromatic rings. The van der Waals surface area contributed by atoms with Crippen LogP contribution in [0.3, 0.4) is 0 Å². The minimum Gasteiger partial charge on any atom is -0.412 e. The molecule has 5 nitrogen and oxygen atoms in total. The van der Waals surface area contributed by atoms with Gasteiger partial charge in [0, 0.05) is 17.3 Å². The second-order valence-corrected chi connectivity index (χ2v) is 4.91. The van der Waals surface area contributed by atoms with E-state index in [4.69, 9.17) is 0 Å². The zero-order valence-electron chi connectivity index (χ0n) is 12.8. The molecule has 0 aliphatic carbocycles. The fraction of sp³-hybridized carbons (Fsp3) is 0. The highest BCUT2D eigenvalue weighted by atomic mass is 16.2. The third-order valence-electron chi connectivity index (χ3n) is 3.35. The van der Waals surface area contributed by atoms with Crippen molar-refractivity contribution in [1.29, 1.82) is 0 Å². The normalized spacial score (nSPS) is 9.67. The Kier molecular flexibility index (Phi) is 5.54. The number of para-hydroxylation sites is 1. The molecule has 5 heteroatoms. The first-order chi connectivity index (χ1) is 11.3. The number of carbonyl (C=O) groups excluding carboxylic acids is 2. The summed E-state index contributed by atoms with van der Waals surface area (Å²) in [4.78, 5) is 28.9. The SMILES string of the molecule is O.O=C(Nc1ccccc1C(=O)c1ccccc1)c1ccccn1. The van der Waals surface area contributed by atoms with Crippen LogP contribution in [0.4, 0.5) is 5.69 Å². The van der Waals surface area contributed by atoms with E-state index in [0.29, 0.717) is 22.5 Å². The first-order valence-corrected chi connectivity index (χ1v) is 7.17. The first kappa shape index (κ1) is 17.1. The summed E-state index contributed by atoms with van der Waals surface area (Å²) in [7, 11) is 0. The Morgan fingerprint density at radius 2 is 1.46 bits per heavy atom. The second kappa shape index (κ2) is 7.80. The van der Waals surface area contributed by atoms with Crippen LogP contribution in [0.25, 0.3) is 0 Å². The van der Waals surface area contributed by atoms with Crippen LogP contribution in [0.15, 0.2) is 79.0 Å². The molecule has 0 atom stereocenters. The molecule has 0 aliphatic heterocycles. The van der Waals surface area contributed by atoms with Crippen LogP contribution in [0, 0.1) is 0 Å². The number of rotatable bonds is 4. The molecule has 0 radical (unpaired) electrons. The predicted molar refractivity (Wildman–Crippen MR) is 92.1 cm³/mol. The Morgan fingerprint density at radius 1 is 0.792 bits per heavy atom. The van der Waals surface area contributed by atoms with Crippen LogP contribution in [-0.2, 0) is 0 Å². The fourth-order valence-corrected chi connectivity index (χ4v) is 2.22. The summed E-state index contributed by atoms with van der Waals surface area (Å²) in [5.41, 5.74) is 1.79. The number of nitrogens with zero attached hydrogens (tertiary/aromatic N) is 1. The molecule has 0 saturated heterocycles. The summed E-state index contributed by atoms with van der Waals surface area (Å²) < 4.78 is 0. The Labute approximate surface area is 139 Å². The molecule has 3 N–H and O–H groups in total. The molecule has 0 unspecified atom stereocenters. The number of aromatic nitrogens is 1. The van der Waals surface area contributed by atoms with Crippen LogP contribution >= 0.6 is 0 Å². The minimum atomic E-state index is -0.348. The van der Waals surface area contributed by atoms with E-state index in [-0.39, 0.29) is 17.2 Å². The van der Waals surface area contributed by atoms with Gasteiger partial charge in [-0.2, -0.15) is 0 Å². The maximum absolute atomic E-state index is 12.6. The zero-order valence-corrected chi connectivity index (χ0v) is 12.8. The molecule has 0 saturated carbocycles. The van der Waals surface area contributed by atoms with Gasteiger partial charge in [-0.1, -0.05) is 48.5 Å². The molecule has 0 aliphatic rings. The number of amides is 1. The molecule has 1 heterocycles. The Morgan fingerprint density at radius 3 is 2.17 bits per heavy atom. The van der Waals surface area contributed by atoms with Gasteiger partial charge >= 0.3 is 0 Å². The monoisotopic (exact) mass is 320 g/mol. The van der Waals surface area contributed by atoms with E-state index in [1.165, 1.54) is 0 Å². The molecule has 120 valence electrons. The van der Waals surface area contributed by atoms with Crippen molar-refractivity contribution in [3.05, 3.63) is 95.8 Å². The number of ketones is 1. The van der Waals surface area contributed by atoms with Crippen LogP contribution in [0.5, 0.6) is 0 Å². The Hall–Kier alpha value is -3.31. The third kappa shape index (κ3) is 3.71. The van der Waals surface area contributed by atoms with Gasteiger partial charge in [0.2, 0.25) is 0 Å². The van der Waals surface area contributed by atoms with Gasteiger partial charge in [0.25, 0.3) is 5.91 Å². The first-order valence-electron chi connectivity index (χ1n) is 7.17. The van der Waals surface area contributed by atoms with Crippen molar-refractivity contribution >= 4 is 17.4 Å². The number of pyridine rings is 1. The van der Waals surface area contributed by atoms with Crippen molar-refractivity contribution in [2.24, 2.45) is 0 Å².